The largest absolute Gasteiger partial charge is 0.467 e. The molecule has 0 aliphatic carbocycles. The zero-order valence-electron chi connectivity index (χ0n) is 17.9. The van der Waals surface area contributed by atoms with Crippen molar-refractivity contribution in [3.8, 4) is 0 Å². The molecule has 0 saturated carbocycles. The van der Waals surface area contributed by atoms with Gasteiger partial charge in [0.15, 0.2) is 12.1 Å². The lowest BCUT2D eigenvalue weighted by molar-refractivity contribution is -0.181. The number of carbonyl (C=O) groups is 3. The van der Waals surface area contributed by atoms with Crippen LogP contribution in [0.5, 0.6) is 0 Å². The van der Waals surface area contributed by atoms with Gasteiger partial charge in [0.05, 0.1) is 12.8 Å². The molecule has 2 amide bonds. The molecule has 1 saturated heterocycles. The Labute approximate surface area is 190 Å². The average molecular weight is 442 g/mol. The number of fused-ring (bicyclic) bond motifs is 3. The summed E-state index contributed by atoms with van der Waals surface area (Å²) in [6.07, 6.45) is -1.36. The fourth-order valence-electron chi connectivity index (χ4n) is 5.01. The molecule has 0 radical (unpaired) electrons. The van der Waals surface area contributed by atoms with Crippen LogP contribution < -0.4 is 4.90 Å². The maximum absolute atomic E-state index is 13.7. The van der Waals surface area contributed by atoms with E-state index in [0.29, 0.717) is 22.4 Å². The van der Waals surface area contributed by atoms with Gasteiger partial charge >= 0.3 is 5.97 Å². The van der Waals surface area contributed by atoms with Gasteiger partial charge in [-0.05, 0) is 17.2 Å². The summed E-state index contributed by atoms with van der Waals surface area (Å²) < 4.78 is 5.08. The number of aliphatic hydroxyl groups excluding tert-OH is 1. The number of hydrogen-bond acceptors (Lipinski definition) is 5. The van der Waals surface area contributed by atoms with Gasteiger partial charge in [-0.1, -0.05) is 78.9 Å². The molecule has 166 valence electrons. The number of methoxy groups -OCH3 is 1. The van der Waals surface area contributed by atoms with E-state index in [-0.39, 0.29) is 6.54 Å². The van der Waals surface area contributed by atoms with Gasteiger partial charge in [-0.25, -0.2) is 4.79 Å². The van der Waals surface area contributed by atoms with E-state index in [0.717, 1.165) is 0 Å². The lowest BCUT2D eigenvalue weighted by atomic mass is 9.69. The fraction of sp³-hybridized carbons (Fsp3) is 0.192. The quantitative estimate of drug-likeness (QED) is 0.495. The first-order valence-corrected chi connectivity index (χ1v) is 10.6. The number of esters is 1. The SMILES string of the molecule is COC(=O)C(c1ccccc1)N1C(=O)CN2C(=O)C(O)C2(c2ccccc2)c2ccccc21. The molecule has 3 aromatic carbocycles. The van der Waals surface area contributed by atoms with Crippen LogP contribution in [0.3, 0.4) is 0 Å². The van der Waals surface area contributed by atoms with Crippen LogP contribution in [0, 0.1) is 0 Å². The van der Waals surface area contributed by atoms with Gasteiger partial charge in [0.2, 0.25) is 5.91 Å². The summed E-state index contributed by atoms with van der Waals surface area (Å²) >= 11 is 0. The van der Waals surface area contributed by atoms with Crippen LogP contribution in [0.15, 0.2) is 84.9 Å². The molecule has 2 aliphatic rings. The number of para-hydroxylation sites is 1. The predicted molar refractivity (Wildman–Crippen MR) is 120 cm³/mol. The van der Waals surface area contributed by atoms with E-state index in [1.165, 1.54) is 16.9 Å². The summed E-state index contributed by atoms with van der Waals surface area (Å²) in [5.41, 5.74) is 1.04. The van der Waals surface area contributed by atoms with E-state index in [1.807, 2.05) is 36.4 Å². The van der Waals surface area contributed by atoms with Gasteiger partial charge in [0.1, 0.15) is 12.1 Å². The van der Waals surface area contributed by atoms with Crippen LogP contribution >= 0.6 is 0 Å². The Hall–Kier alpha value is -3.97. The van der Waals surface area contributed by atoms with Crippen LogP contribution in [-0.2, 0) is 24.7 Å². The molecule has 3 aromatic rings. The fourth-order valence-corrected chi connectivity index (χ4v) is 5.01. The van der Waals surface area contributed by atoms with Crippen molar-refractivity contribution in [1.29, 1.82) is 0 Å². The minimum absolute atomic E-state index is 0.292. The minimum atomic E-state index is -1.36. The van der Waals surface area contributed by atoms with Crippen molar-refractivity contribution < 1.29 is 24.2 Å². The van der Waals surface area contributed by atoms with Crippen molar-refractivity contribution in [2.24, 2.45) is 0 Å². The lowest BCUT2D eigenvalue weighted by Gasteiger charge is -2.54. The number of ether oxygens (including phenoxy) is 1. The topological polar surface area (TPSA) is 87.2 Å². The number of hydrogen-bond donors (Lipinski definition) is 1. The molecular weight excluding hydrogens is 420 g/mol. The van der Waals surface area contributed by atoms with Crippen molar-refractivity contribution in [3.05, 3.63) is 102 Å². The number of benzene rings is 3. The number of amides is 2. The van der Waals surface area contributed by atoms with Crippen molar-refractivity contribution in [3.63, 3.8) is 0 Å². The number of carbonyl (C=O) groups excluding carboxylic acids is 3. The molecule has 3 atom stereocenters. The summed E-state index contributed by atoms with van der Waals surface area (Å²) in [5.74, 6) is -1.58. The summed E-state index contributed by atoms with van der Waals surface area (Å²) in [7, 11) is 1.28. The number of β-lactam (4-membered cyclic amide) rings is 1. The van der Waals surface area contributed by atoms with Crippen LogP contribution in [0.25, 0.3) is 0 Å². The maximum atomic E-state index is 13.7. The van der Waals surface area contributed by atoms with E-state index in [9.17, 15) is 19.5 Å². The Bertz CT molecular complexity index is 1230. The maximum Gasteiger partial charge on any atom is 0.333 e. The predicted octanol–water partition coefficient (Wildman–Crippen LogP) is 2.39. The molecule has 0 bridgehead atoms. The summed E-state index contributed by atoms with van der Waals surface area (Å²) in [5, 5.41) is 11.1. The smallest absolute Gasteiger partial charge is 0.333 e. The third-order valence-electron chi connectivity index (χ3n) is 6.47. The first-order chi connectivity index (χ1) is 16.0. The standard InChI is InChI=1S/C26H22N2O5/c1-33-25(32)22(17-10-4-2-5-11-17)28-20-15-9-8-14-19(20)26(18-12-6-3-7-13-18)23(30)24(31)27(26)16-21(28)29/h2-15,22-23,30H,16H2,1H3. The number of rotatable bonds is 4. The normalized spacial score (nSPS) is 22.5. The second-order valence-electron chi connectivity index (χ2n) is 8.08. The molecule has 2 heterocycles. The Kier molecular flexibility index (Phi) is 4.98. The summed E-state index contributed by atoms with van der Waals surface area (Å²) in [6, 6.07) is 24.1. The third-order valence-corrected chi connectivity index (χ3v) is 6.47. The molecule has 0 spiro atoms. The molecule has 1 N–H and O–H groups in total. The zero-order valence-corrected chi connectivity index (χ0v) is 17.9. The van der Waals surface area contributed by atoms with Crippen molar-refractivity contribution in [2.75, 3.05) is 18.6 Å². The highest BCUT2D eigenvalue weighted by atomic mass is 16.5. The zero-order chi connectivity index (χ0) is 23.2. The number of aliphatic hydroxyl groups is 1. The van der Waals surface area contributed by atoms with Crippen molar-refractivity contribution in [2.45, 2.75) is 17.7 Å². The van der Waals surface area contributed by atoms with E-state index < -0.39 is 35.5 Å². The second kappa shape index (κ2) is 7.86. The van der Waals surface area contributed by atoms with Crippen molar-refractivity contribution in [1.82, 2.24) is 4.90 Å². The molecule has 2 aliphatic heterocycles. The Morgan fingerprint density at radius 2 is 1.58 bits per heavy atom. The van der Waals surface area contributed by atoms with E-state index in [4.69, 9.17) is 4.74 Å². The van der Waals surface area contributed by atoms with Crippen LogP contribution in [-0.4, -0.2) is 47.5 Å². The van der Waals surface area contributed by atoms with Gasteiger partial charge in [-0.15, -0.1) is 0 Å². The molecule has 0 aromatic heterocycles. The number of nitrogens with zero attached hydrogens (tertiary/aromatic N) is 2. The molecule has 1 fully saturated rings. The Balaban J connectivity index is 1.78. The van der Waals surface area contributed by atoms with E-state index >= 15 is 0 Å². The molecule has 7 nitrogen and oxygen atoms in total. The molecule has 3 unspecified atom stereocenters. The van der Waals surface area contributed by atoms with Crippen LogP contribution in [0.2, 0.25) is 0 Å². The molecule has 7 heteroatoms. The third kappa shape index (κ3) is 2.89. The van der Waals surface area contributed by atoms with Gasteiger partial charge in [0.25, 0.3) is 5.91 Å². The van der Waals surface area contributed by atoms with Crippen molar-refractivity contribution >= 4 is 23.5 Å². The highest BCUT2D eigenvalue weighted by molar-refractivity contribution is 6.07. The molecular formula is C26H22N2O5. The molecule has 5 rings (SSSR count). The highest BCUT2D eigenvalue weighted by Crippen LogP contribution is 2.52. The first kappa shape index (κ1) is 20.9. The molecule has 33 heavy (non-hydrogen) atoms. The van der Waals surface area contributed by atoms with Gasteiger partial charge in [0, 0.05) is 5.56 Å². The van der Waals surface area contributed by atoms with Gasteiger partial charge in [-0.3, -0.25) is 14.5 Å². The van der Waals surface area contributed by atoms with E-state index in [1.54, 1.807) is 48.5 Å². The first-order valence-electron chi connectivity index (χ1n) is 10.6. The minimum Gasteiger partial charge on any atom is -0.467 e. The monoisotopic (exact) mass is 442 g/mol. The Morgan fingerprint density at radius 3 is 2.24 bits per heavy atom. The summed E-state index contributed by atoms with van der Waals surface area (Å²) in [6.45, 7) is -0.292. The summed E-state index contributed by atoms with van der Waals surface area (Å²) in [4.78, 5) is 42.3. The van der Waals surface area contributed by atoms with E-state index in [2.05, 4.69) is 0 Å². The number of anilines is 1. The van der Waals surface area contributed by atoms with Crippen LogP contribution in [0.1, 0.15) is 22.7 Å². The second-order valence-corrected chi connectivity index (χ2v) is 8.08. The lowest BCUT2D eigenvalue weighted by Crippen LogP contribution is -2.72. The van der Waals surface area contributed by atoms with Crippen LogP contribution in [0.4, 0.5) is 5.69 Å². The van der Waals surface area contributed by atoms with Gasteiger partial charge in [-0.2, -0.15) is 0 Å². The highest BCUT2D eigenvalue weighted by Gasteiger charge is 2.64. The average Bonchev–Trinajstić information content (AvgIpc) is 2.97. The van der Waals surface area contributed by atoms with Gasteiger partial charge < -0.3 is 14.7 Å². The Morgan fingerprint density at radius 1 is 0.970 bits per heavy atom.